The zero-order valence-corrected chi connectivity index (χ0v) is 15.2. The molecule has 1 aromatic carbocycles. The number of nitrogens with one attached hydrogen (secondary N) is 2. The normalized spacial score (nSPS) is 10.8. The number of nitrogens with zero attached hydrogens (tertiary/aromatic N) is 3. The highest BCUT2D eigenvalue weighted by Gasteiger charge is 2.16. The van der Waals surface area contributed by atoms with Crippen molar-refractivity contribution in [3.63, 3.8) is 0 Å². The van der Waals surface area contributed by atoms with Crippen LogP contribution in [0.1, 0.15) is 16.1 Å². The van der Waals surface area contributed by atoms with Crippen molar-refractivity contribution in [1.82, 2.24) is 19.9 Å². The van der Waals surface area contributed by atoms with Crippen molar-refractivity contribution in [1.29, 1.82) is 0 Å². The van der Waals surface area contributed by atoms with Crippen LogP contribution in [-0.4, -0.2) is 33.0 Å². The molecule has 0 radical (unpaired) electrons. The number of benzene rings is 1. The third-order valence-electron chi connectivity index (χ3n) is 4.26. The van der Waals surface area contributed by atoms with Crippen LogP contribution in [0.25, 0.3) is 22.6 Å². The Labute approximate surface area is 159 Å². The van der Waals surface area contributed by atoms with E-state index in [1.807, 2.05) is 0 Å². The van der Waals surface area contributed by atoms with Crippen LogP contribution in [0.15, 0.2) is 48.7 Å². The van der Waals surface area contributed by atoms with E-state index in [4.69, 9.17) is 4.74 Å². The average Bonchev–Trinajstić information content (AvgIpc) is 3.14. The minimum Gasteiger partial charge on any atom is -0.481 e. The fourth-order valence-electron chi connectivity index (χ4n) is 2.81. The number of ether oxygens (including phenoxy) is 1. The molecule has 4 aromatic rings. The third-order valence-corrected chi connectivity index (χ3v) is 4.26. The number of rotatable bonds is 4. The highest BCUT2D eigenvalue weighted by molar-refractivity contribution is 6.11. The minimum atomic E-state index is -0.334. The first kappa shape index (κ1) is 17.6. The van der Waals surface area contributed by atoms with E-state index in [1.54, 1.807) is 37.3 Å². The van der Waals surface area contributed by atoms with Gasteiger partial charge in [0.2, 0.25) is 5.88 Å². The van der Waals surface area contributed by atoms with Crippen molar-refractivity contribution < 1.29 is 13.9 Å². The fourth-order valence-corrected chi connectivity index (χ4v) is 2.81. The number of carbonyl (C=O) groups excluding carboxylic acids is 1. The second kappa shape index (κ2) is 7.07. The van der Waals surface area contributed by atoms with Gasteiger partial charge in [-0.2, -0.15) is 0 Å². The second-order valence-corrected chi connectivity index (χ2v) is 6.09. The fraction of sp³-hybridized carbons (Fsp3) is 0.100. The van der Waals surface area contributed by atoms with Gasteiger partial charge in [0.1, 0.15) is 17.2 Å². The van der Waals surface area contributed by atoms with Crippen molar-refractivity contribution >= 4 is 22.8 Å². The van der Waals surface area contributed by atoms with Gasteiger partial charge < -0.3 is 15.0 Å². The molecule has 0 saturated heterocycles. The first-order valence-corrected chi connectivity index (χ1v) is 8.49. The van der Waals surface area contributed by atoms with Gasteiger partial charge in [-0.05, 0) is 43.3 Å². The molecule has 0 fully saturated rings. The van der Waals surface area contributed by atoms with Crippen molar-refractivity contribution in [2.75, 3.05) is 12.4 Å². The van der Waals surface area contributed by atoms with Gasteiger partial charge in [-0.15, -0.1) is 0 Å². The molecule has 0 aliphatic heterocycles. The summed E-state index contributed by atoms with van der Waals surface area (Å²) in [5.74, 6) is 0.309. The van der Waals surface area contributed by atoms with Crippen LogP contribution in [0.5, 0.6) is 5.88 Å². The van der Waals surface area contributed by atoms with Crippen molar-refractivity contribution in [2.24, 2.45) is 0 Å². The Bertz CT molecular complexity index is 1170. The van der Waals surface area contributed by atoms with Crippen molar-refractivity contribution in [3.05, 3.63) is 65.7 Å². The Morgan fingerprint density at radius 2 is 1.89 bits per heavy atom. The molecule has 3 heterocycles. The lowest BCUT2D eigenvalue weighted by molar-refractivity contribution is 0.102. The molecular formula is C20H16FN5O2. The van der Waals surface area contributed by atoms with Crippen molar-refractivity contribution in [3.8, 4) is 17.3 Å². The molecule has 0 unspecified atom stereocenters. The number of H-pyrrole nitrogens is 1. The Morgan fingerprint density at radius 1 is 1.11 bits per heavy atom. The zero-order valence-electron chi connectivity index (χ0n) is 15.2. The van der Waals surface area contributed by atoms with Gasteiger partial charge in [-0.1, -0.05) is 0 Å². The highest BCUT2D eigenvalue weighted by atomic mass is 19.1. The van der Waals surface area contributed by atoms with Crippen molar-refractivity contribution in [2.45, 2.75) is 6.92 Å². The topological polar surface area (TPSA) is 92.8 Å². The number of hydrogen-bond acceptors (Lipinski definition) is 5. The molecule has 0 aliphatic carbocycles. The molecule has 4 rings (SSSR count). The first-order chi connectivity index (χ1) is 13.5. The number of anilines is 1. The lowest BCUT2D eigenvalue weighted by Gasteiger charge is -2.09. The summed E-state index contributed by atoms with van der Waals surface area (Å²) in [4.78, 5) is 28.9. The summed E-state index contributed by atoms with van der Waals surface area (Å²) in [5, 5.41) is 2.84. The van der Waals surface area contributed by atoms with E-state index in [9.17, 15) is 9.18 Å². The maximum atomic E-state index is 13.2. The number of imidazole rings is 1. The summed E-state index contributed by atoms with van der Waals surface area (Å²) in [7, 11) is 1.53. The number of fused-ring (bicyclic) bond motifs is 1. The molecule has 7 nitrogen and oxygen atoms in total. The van der Waals surface area contributed by atoms with Gasteiger partial charge in [0.15, 0.2) is 5.65 Å². The highest BCUT2D eigenvalue weighted by Crippen LogP contribution is 2.23. The molecule has 0 spiro atoms. The van der Waals surface area contributed by atoms with Gasteiger partial charge in [-0.25, -0.2) is 19.3 Å². The molecule has 0 saturated carbocycles. The Balaban J connectivity index is 1.68. The standard InChI is InChI=1S/C20H16FN5O2/c1-11-15(7-8-16(23-11)28-2)24-20(27)14-9-10-22-19-17(14)25-18(26-19)12-3-5-13(21)6-4-12/h3-10H,1-2H3,(H,24,27)(H,22,25,26). The molecule has 3 aromatic heterocycles. The number of carbonyl (C=O) groups is 1. The molecule has 0 aliphatic rings. The average molecular weight is 377 g/mol. The number of aryl methyl sites for hydroxylation is 1. The number of aromatic nitrogens is 4. The Morgan fingerprint density at radius 3 is 2.61 bits per heavy atom. The largest absolute Gasteiger partial charge is 0.481 e. The quantitative estimate of drug-likeness (QED) is 0.565. The SMILES string of the molecule is COc1ccc(NC(=O)c2ccnc3[nH]c(-c4ccc(F)cc4)nc23)c(C)n1. The van der Waals surface area contributed by atoms with Crippen LogP contribution in [0.3, 0.4) is 0 Å². The van der Waals surface area contributed by atoms with E-state index in [2.05, 4.69) is 25.3 Å². The van der Waals surface area contributed by atoms with E-state index in [-0.39, 0.29) is 11.7 Å². The van der Waals surface area contributed by atoms with Crippen LogP contribution in [0.4, 0.5) is 10.1 Å². The van der Waals surface area contributed by atoms with E-state index in [0.29, 0.717) is 45.4 Å². The van der Waals surface area contributed by atoms with Gasteiger partial charge >= 0.3 is 0 Å². The molecular weight excluding hydrogens is 361 g/mol. The first-order valence-electron chi connectivity index (χ1n) is 8.49. The van der Waals surface area contributed by atoms with E-state index >= 15 is 0 Å². The molecule has 1 amide bonds. The molecule has 0 atom stereocenters. The second-order valence-electron chi connectivity index (χ2n) is 6.09. The number of pyridine rings is 2. The Kier molecular flexibility index (Phi) is 4.44. The molecule has 8 heteroatoms. The maximum Gasteiger partial charge on any atom is 0.258 e. The van der Waals surface area contributed by atoms with Crippen LogP contribution >= 0.6 is 0 Å². The third kappa shape index (κ3) is 3.27. The summed E-state index contributed by atoms with van der Waals surface area (Å²) < 4.78 is 18.2. The monoisotopic (exact) mass is 377 g/mol. The summed E-state index contributed by atoms with van der Waals surface area (Å²) in [6.07, 6.45) is 1.53. The Hall–Kier alpha value is -3.81. The van der Waals surface area contributed by atoms with Gasteiger partial charge in [0, 0.05) is 17.8 Å². The predicted octanol–water partition coefficient (Wildman–Crippen LogP) is 3.73. The van der Waals surface area contributed by atoms with Crippen LogP contribution < -0.4 is 10.1 Å². The number of amides is 1. The van der Waals surface area contributed by atoms with Gasteiger partial charge in [0.05, 0.1) is 24.1 Å². The lowest BCUT2D eigenvalue weighted by Crippen LogP contribution is -2.14. The van der Waals surface area contributed by atoms with Crippen LogP contribution in [0, 0.1) is 12.7 Å². The lowest BCUT2D eigenvalue weighted by atomic mass is 10.2. The maximum absolute atomic E-state index is 13.2. The van der Waals surface area contributed by atoms with E-state index in [1.165, 1.54) is 25.4 Å². The smallest absolute Gasteiger partial charge is 0.258 e. The molecule has 0 bridgehead atoms. The summed E-state index contributed by atoms with van der Waals surface area (Å²) >= 11 is 0. The molecule has 28 heavy (non-hydrogen) atoms. The molecule has 2 N–H and O–H groups in total. The zero-order chi connectivity index (χ0) is 19.7. The summed E-state index contributed by atoms with van der Waals surface area (Å²) in [5.41, 5.74) is 3.16. The van der Waals surface area contributed by atoms with Crippen LogP contribution in [0.2, 0.25) is 0 Å². The van der Waals surface area contributed by atoms with Gasteiger partial charge in [-0.3, -0.25) is 4.79 Å². The van der Waals surface area contributed by atoms with Gasteiger partial charge in [0.25, 0.3) is 5.91 Å². The van der Waals surface area contributed by atoms with Crippen LogP contribution in [-0.2, 0) is 0 Å². The van der Waals surface area contributed by atoms with E-state index < -0.39 is 0 Å². The number of methoxy groups -OCH3 is 1. The predicted molar refractivity (Wildman–Crippen MR) is 103 cm³/mol. The number of hydrogen-bond donors (Lipinski definition) is 2. The van der Waals surface area contributed by atoms with E-state index in [0.717, 1.165) is 0 Å². The number of aromatic amines is 1. The summed E-state index contributed by atoms with van der Waals surface area (Å²) in [6, 6.07) is 10.9. The summed E-state index contributed by atoms with van der Waals surface area (Å²) in [6.45, 7) is 1.78. The molecule has 140 valence electrons. The minimum absolute atomic E-state index is 0.332. The number of halogens is 1.